The average molecular weight is 462 g/mol. The summed E-state index contributed by atoms with van der Waals surface area (Å²) in [6.07, 6.45) is -8.54. The molecule has 0 aliphatic heterocycles. The summed E-state index contributed by atoms with van der Waals surface area (Å²) in [5.41, 5.74) is 2.16. The molecule has 33 heavy (non-hydrogen) atoms. The molecule has 2 N–H and O–H groups in total. The number of rotatable bonds is 2. The average Bonchev–Trinajstić information content (AvgIpc) is 2.80. The summed E-state index contributed by atoms with van der Waals surface area (Å²) in [5, 5.41) is 0. The highest BCUT2D eigenvalue weighted by molar-refractivity contribution is 5.64. The van der Waals surface area contributed by atoms with Crippen molar-refractivity contribution in [2.45, 2.75) is 12.4 Å². The second kappa shape index (κ2) is 10.8. The normalized spacial score (nSPS) is 11.1. The van der Waals surface area contributed by atoms with Gasteiger partial charge < -0.3 is 5.48 Å². The van der Waals surface area contributed by atoms with E-state index in [9.17, 15) is 26.3 Å². The Hall–Kier alpha value is -3.58. The summed E-state index contributed by atoms with van der Waals surface area (Å²) in [6, 6.07) is 28.9. The Morgan fingerprint density at radius 1 is 0.333 bits per heavy atom. The smallest absolute Gasteiger partial charge is 0.412 e. The minimum atomic E-state index is -4.27. The first-order chi connectivity index (χ1) is 15.1. The van der Waals surface area contributed by atoms with E-state index < -0.39 is 23.5 Å². The van der Waals surface area contributed by atoms with Gasteiger partial charge in [-0.05, 0) is 46.5 Å². The second-order valence-electron chi connectivity index (χ2n) is 6.88. The van der Waals surface area contributed by atoms with Crippen LogP contribution in [0.25, 0.3) is 22.3 Å². The van der Waals surface area contributed by atoms with Gasteiger partial charge in [0.25, 0.3) is 0 Å². The molecule has 0 aliphatic carbocycles. The van der Waals surface area contributed by atoms with Gasteiger partial charge in [-0.2, -0.15) is 26.3 Å². The first kappa shape index (κ1) is 25.7. The highest BCUT2D eigenvalue weighted by Gasteiger charge is 2.30. The van der Waals surface area contributed by atoms with Crippen LogP contribution in [0.1, 0.15) is 11.1 Å². The van der Waals surface area contributed by atoms with Crippen LogP contribution >= 0.6 is 0 Å². The van der Waals surface area contributed by atoms with Crippen LogP contribution in [0.4, 0.5) is 26.3 Å². The Morgan fingerprint density at radius 2 is 0.576 bits per heavy atom. The molecule has 172 valence electrons. The molecular weight excluding hydrogens is 442 g/mol. The number of hydrogen-bond acceptors (Lipinski definition) is 0. The van der Waals surface area contributed by atoms with Crippen molar-refractivity contribution in [2.24, 2.45) is 0 Å². The quantitative estimate of drug-likeness (QED) is 0.271. The van der Waals surface area contributed by atoms with E-state index in [0.717, 1.165) is 46.5 Å². The fourth-order valence-electron chi connectivity index (χ4n) is 2.96. The standard InChI is InChI=1S/2C13H9F3.H2O/c2*14-13(15,16)12-8-6-11(7-9-12)10-4-2-1-3-5-10;/h2*1-9H;1H2. The van der Waals surface area contributed by atoms with Crippen molar-refractivity contribution in [2.75, 3.05) is 0 Å². The largest absolute Gasteiger partial charge is 0.416 e. The van der Waals surface area contributed by atoms with Crippen LogP contribution < -0.4 is 0 Å². The molecule has 0 saturated heterocycles. The zero-order chi connectivity index (χ0) is 23.2. The van der Waals surface area contributed by atoms with Crippen molar-refractivity contribution in [1.82, 2.24) is 0 Å². The molecule has 4 aromatic rings. The number of alkyl halides is 6. The SMILES string of the molecule is FC(F)(F)c1ccc(-c2ccccc2)cc1.FC(F)(F)c1ccc(-c2ccccc2)cc1.O. The van der Waals surface area contributed by atoms with Crippen LogP contribution in [0, 0.1) is 0 Å². The third-order valence-corrected chi connectivity index (χ3v) is 4.64. The lowest BCUT2D eigenvalue weighted by Gasteiger charge is -2.07. The summed E-state index contributed by atoms with van der Waals surface area (Å²) in [4.78, 5) is 0. The van der Waals surface area contributed by atoms with E-state index in [4.69, 9.17) is 0 Å². The van der Waals surface area contributed by atoms with Gasteiger partial charge in [0.2, 0.25) is 0 Å². The molecule has 1 nitrogen and oxygen atoms in total. The van der Waals surface area contributed by atoms with Gasteiger partial charge in [0.15, 0.2) is 0 Å². The lowest BCUT2D eigenvalue weighted by molar-refractivity contribution is -0.138. The maximum Gasteiger partial charge on any atom is 0.416 e. The van der Waals surface area contributed by atoms with Gasteiger partial charge in [-0.1, -0.05) is 84.9 Å². The van der Waals surface area contributed by atoms with Crippen LogP contribution in [0.5, 0.6) is 0 Å². The van der Waals surface area contributed by atoms with Crippen molar-refractivity contribution < 1.29 is 31.8 Å². The van der Waals surface area contributed by atoms with Crippen LogP contribution in [-0.2, 0) is 12.4 Å². The second-order valence-corrected chi connectivity index (χ2v) is 6.88. The van der Waals surface area contributed by atoms with E-state index in [1.165, 1.54) is 24.3 Å². The summed E-state index contributed by atoms with van der Waals surface area (Å²) < 4.78 is 73.9. The van der Waals surface area contributed by atoms with Crippen LogP contribution in [0.2, 0.25) is 0 Å². The number of benzene rings is 4. The van der Waals surface area contributed by atoms with Crippen LogP contribution in [-0.4, -0.2) is 5.48 Å². The van der Waals surface area contributed by atoms with E-state index in [2.05, 4.69) is 0 Å². The predicted octanol–water partition coefficient (Wildman–Crippen LogP) is 7.92. The van der Waals surface area contributed by atoms with E-state index in [-0.39, 0.29) is 5.48 Å². The molecule has 0 saturated carbocycles. The minimum Gasteiger partial charge on any atom is -0.412 e. The third kappa shape index (κ3) is 7.22. The lowest BCUT2D eigenvalue weighted by atomic mass is 10.0. The number of halogens is 6. The van der Waals surface area contributed by atoms with E-state index >= 15 is 0 Å². The molecule has 0 spiro atoms. The molecule has 0 radical (unpaired) electrons. The first-order valence-electron chi connectivity index (χ1n) is 9.60. The van der Waals surface area contributed by atoms with Crippen molar-refractivity contribution in [3.05, 3.63) is 120 Å². The van der Waals surface area contributed by atoms with Gasteiger partial charge in [0.1, 0.15) is 0 Å². The Labute approximate surface area is 187 Å². The van der Waals surface area contributed by atoms with Gasteiger partial charge in [-0.3, -0.25) is 0 Å². The van der Waals surface area contributed by atoms with Crippen molar-refractivity contribution in [1.29, 1.82) is 0 Å². The Bertz CT molecular complexity index is 1010. The fraction of sp³-hybridized carbons (Fsp3) is 0.0769. The lowest BCUT2D eigenvalue weighted by Crippen LogP contribution is -2.03. The van der Waals surface area contributed by atoms with Crippen LogP contribution in [0.3, 0.4) is 0 Å². The Morgan fingerprint density at radius 3 is 0.818 bits per heavy atom. The van der Waals surface area contributed by atoms with Crippen molar-refractivity contribution >= 4 is 0 Å². The molecule has 7 heteroatoms. The molecule has 0 unspecified atom stereocenters. The summed E-state index contributed by atoms with van der Waals surface area (Å²) >= 11 is 0. The summed E-state index contributed by atoms with van der Waals surface area (Å²) in [5.74, 6) is 0. The summed E-state index contributed by atoms with van der Waals surface area (Å²) in [7, 11) is 0. The fourth-order valence-corrected chi connectivity index (χ4v) is 2.96. The van der Waals surface area contributed by atoms with E-state index in [1.54, 1.807) is 0 Å². The molecule has 0 heterocycles. The van der Waals surface area contributed by atoms with E-state index in [0.29, 0.717) is 0 Å². The minimum absolute atomic E-state index is 0. The maximum atomic E-state index is 12.3. The summed E-state index contributed by atoms with van der Waals surface area (Å²) in [6.45, 7) is 0. The van der Waals surface area contributed by atoms with Crippen molar-refractivity contribution in [3.63, 3.8) is 0 Å². The topological polar surface area (TPSA) is 31.5 Å². The van der Waals surface area contributed by atoms with Crippen molar-refractivity contribution in [3.8, 4) is 22.3 Å². The third-order valence-electron chi connectivity index (χ3n) is 4.64. The Balaban J connectivity index is 0.000000227. The molecule has 0 aromatic heterocycles. The molecule has 0 atom stereocenters. The van der Waals surface area contributed by atoms with E-state index in [1.807, 2.05) is 60.7 Å². The number of hydrogen-bond donors (Lipinski definition) is 0. The van der Waals surface area contributed by atoms with Crippen LogP contribution in [0.15, 0.2) is 109 Å². The molecule has 0 bridgehead atoms. The highest BCUT2D eigenvalue weighted by Crippen LogP contribution is 2.31. The molecular formula is C26H20F6O. The Kier molecular flexibility index (Phi) is 8.43. The van der Waals surface area contributed by atoms with Gasteiger partial charge >= 0.3 is 12.4 Å². The molecule has 0 fully saturated rings. The molecule has 4 aromatic carbocycles. The molecule has 0 amide bonds. The van der Waals surface area contributed by atoms with Gasteiger partial charge in [-0.25, -0.2) is 0 Å². The van der Waals surface area contributed by atoms with Gasteiger partial charge in [0, 0.05) is 0 Å². The molecule has 4 rings (SSSR count). The molecule has 0 aliphatic rings. The predicted molar refractivity (Wildman–Crippen MR) is 117 cm³/mol. The zero-order valence-corrected chi connectivity index (χ0v) is 17.2. The van der Waals surface area contributed by atoms with Gasteiger partial charge in [0.05, 0.1) is 11.1 Å². The highest BCUT2D eigenvalue weighted by atomic mass is 19.4. The first-order valence-corrected chi connectivity index (χ1v) is 9.60. The zero-order valence-electron chi connectivity index (χ0n) is 17.2. The maximum absolute atomic E-state index is 12.3. The van der Waals surface area contributed by atoms with Gasteiger partial charge in [-0.15, -0.1) is 0 Å². The monoisotopic (exact) mass is 462 g/mol.